The van der Waals surface area contributed by atoms with Crippen molar-refractivity contribution in [2.75, 3.05) is 13.1 Å². The molecule has 0 spiro atoms. The molecule has 0 saturated heterocycles. The van der Waals surface area contributed by atoms with Crippen LogP contribution in [0.3, 0.4) is 0 Å². The van der Waals surface area contributed by atoms with Gasteiger partial charge in [0.2, 0.25) is 0 Å². The second kappa shape index (κ2) is 55.1. The molecular formula is C54H109BN2O2. The van der Waals surface area contributed by atoms with Gasteiger partial charge in [0.05, 0.1) is 13.1 Å². The van der Waals surface area contributed by atoms with Crippen LogP contribution < -0.4 is 27.0 Å². The molecule has 350 valence electrons. The second-order valence-corrected chi connectivity index (χ2v) is 18.3. The topological polar surface area (TPSA) is 101 Å². The van der Waals surface area contributed by atoms with Crippen molar-refractivity contribution < 1.29 is 21.5 Å². The van der Waals surface area contributed by atoms with Gasteiger partial charge < -0.3 is 21.5 Å². The van der Waals surface area contributed by atoms with E-state index in [0.717, 1.165) is 19.5 Å². The van der Waals surface area contributed by atoms with Crippen LogP contribution >= 0.6 is 0 Å². The Morgan fingerprint density at radius 2 is 0.508 bits per heavy atom. The first-order valence-electron chi connectivity index (χ1n) is 27.1. The Kier molecular flexibility index (Phi) is 56.3. The molecule has 4 nitrogen and oxygen atoms in total. The van der Waals surface area contributed by atoms with Crippen molar-refractivity contribution in [1.82, 2.24) is 0 Å². The molecule has 0 aliphatic heterocycles. The number of unbranched alkanes of at least 4 members (excludes halogenated alkanes) is 39. The summed E-state index contributed by atoms with van der Waals surface area (Å²) in [6.45, 7) is 9.09. The third-order valence-electron chi connectivity index (χ3n) is 12.3. The van der Waals surface area contributed by atoms with Gasteiger partial charge in [0, 0.05) is 0 Å². The van der Waals surface area contributed by atoms with Gasteiger partial charge in [-0.25, -0.2) is 0 Å². The average Bonchev–Trinajstić information content (AvgIpc) is 3.25. The first-order valence-corrected chi connectivity index (χ1v) is 27.1. The highest BCUT2D eigenvalue weighted by Crippen LogP contribution is 2.16. The van der Waals surface area contributed by atoms with Gasteiger partial charge in [-0.15, -0.1) is 5.46 Å². The zero-order chi connectivity index (χ0) is 43.4. The Labute approximate surface area is 372 Å². The van der Waals surface area contributed by atoms with E-state index in [9.17, 15) is 10.0 Å². The molecule has 1 aromatic rings. The van der Waals surface area contributed by atoms with Crippen molar-refractivity contribution in [2.45, 2.75) is 297 Å². The normalized spacial score (nSPS) is 11.0. The molecule has 0 saturated carbocycles. The maximum absolute atomic E-state index is 10.7. The molecule has 1 rings (SSSR count). The summed E-state index contributed by atoms with van der Waals surface area (Å²) < 4.78 is 0. The van der Waals surface area contributed by atoms with Gasteiger partial charge in [0.1, 0.15) is 0 Å². The molecule has 6 N–H and O–H groups in total. The largest absolute Gasteiger partial charge is 0.889 e. The molecule has 0 atom stereocenters. The SMILES string of the molecule is CCCCCCCCCCCCCCCCCC[NH3+].CCCCCCCCCCCCCCCCCC[NH3+].CCCCCCCCCCCCc1ccc(B([O-])[O-])cc1. The van der Waals surface area contributed by atoms with E-state index < -0.39 is 7.12 Å². The maximum Gasteiger partial charge on any atom is 0.0739 e. The lowest BCUT2D eigenvalue weighted by molar-refractivity contribution is -0.368. The number of quaternary nitrogens is 2. The number of hydrogen-bond donors (Lipinski definition) is 2. The standard InChI is InChI=1S/C18H29BO2.2C18H39N/c1-2-3-4-5-6-7-8-9-10-11-12-17-13-15-18(16-14-17)19(20)21;2*1-2-3-4-5-6-7-8-9-10-11-12-13-14-15-16-17-18-19/h13-16H,2-12H2,1H3;2*2-19H2,1H3/q-2;;/p+2. The van der Waals surface area contributed by atoms with E-state index in [0.29, 0.717) is 5.46 Å². The monoisotopic (exact) mass is 829 g/mol. The Morgan fingerprint density at radius 1 is 0.305 bits per heavy atom. The van der Waals surface area contributed by atoms with Crippen molar-refractivity contribution in [1.29, 1.82) is 0 Å². The Morgan fingerprint density at radius 3 is 0.712 bits per heavy atom. The summed E-state index contributed by atoms with van der Waals surface area (Å²) >= 11 is 0. The van der Waals surface area contributed by atoms with E-state index in [2.05, 4.69) is 32.2 Å². The molecule has 5 heteroatoms. The Hall–Kier alpha value is -0.875. The minimum Gasteiger partial charge on any atom is -0.889 e. The summed E-state index contributed by atoms with van der Waals surface area (Å²) in [6, 6.07) is 7.20. The predicted octanol–water partition coefficient (Wildman–Crippen LogP) is 13.5. The lowest BCUT2D eigenvalue weighted by Gasteiger charge is -2.26. The van der Waals surface area contributed by atoms with Crippen molar-refractivity contribution in [3.8, 4) is 0 Å². The van der Waals surface area contributed by atoms with E-state index in [4.69, 9.17) is 0 Å². The molecule has 0 fully saturated rings. The van der Waals surface area contributed by atoms with Crippen LogP contribution in [0.4, 0.5) is 0 Å². The molecule has 0 aliphatic rings. The van der Waals surface area contributed by atoms with Crippen LogP contribution in [0, 0.1) is 0 Å². The second-order valence-electron chi connectivity index (χ2n) is 18.3. The van der Waals surface area contributed by atoms with Gasteiger partial charge in [0.15, 0.2) is 0 Å². The van der Waals surface area contributed by atoms with E-state index in [1.165, 1.54) is 275 Å². The molecular weight excluding hydrogens is 719 g/mol. The minimum atomic E-state index is -1.85. The smallest absolute Gasteiger partial charge is 0.0739 e. The van der Waals surface area contributed by atoms with Crippen LogP contribution in [0.5, 0.6) is 0 Å². The minimum absolute atomic E-state index is 0.349. The van der Waals surface area contributed by atoms with Crippen LogP contribution in [-0.2, 0) is 6.42 Å². The number of hydrogen-bond acceptors (Lipinski definition) is 2. The maximum atomic E-state index is 10.7. The number of aryl methyl sites for hydroxylation is 1. The van der Waals surface area contributed by atoms with Crippen molar-refractivity contribution >= 4 is 12.6 Å². The number of benzene rings is 1. The van der Waals surface area contributed by atoms with Gasteiger partial charge in [-0.2, -0.15) is 0 Å². The fourth-order valence-corrected chi connectivity index (χ4v) is 8.11. The molecule has 0 heterocycles. The summed E-state index contributed by atoms with van der Waals surface area (Å²) in [7, 11) is -1.85. The summed E-state index contributed by atoms with van der Waals surface area (Å²) in [5.74, 6) is 0. The van der Waals surface area contributed by atoms with E-state index in [1.807, 2.05) is 12.1 Å². The highest BCUT2D eigenvalue weighted by atomic mass is 16.4. The van der Waals surface area contributed by atoms with Crippen molar-refractivity contribution in [2.24, 2.45) is 0 Å². The van der Waals surface area contributed by atoms with Crippen molar-refractivity contribution in [3.05, 3.63) is 29.8 Å². The summed E-state index contributed by atoms with van der Waals surface area (Å²) in [5, 5.41) is 21.5. The van der Waals surface area contributed by atoms with Gasteiger partial charge in [-0.05, 0) is 44.1 Å². The van der Waals surface area contributed by atoms with Crippen LogP contribution in [0.2, 0.25) is 0 Å². The van der Waals surface area contributed by atoms with E-state index >= 15 is 0 Å². The Bertz CT molecular complexity index is 785. The van der Waals surface area contributed by atoms with Crippen LogP contribution in [-0.4, -0.2) is 20.2 Å². The molecule has 0 radical (unpaired) electrons. The lowest BCUT2D eigenvalue weighted by atomic mass is 9.80. The molecule has 0 aromatic heterocycles. The van der Waals surface area contributed by atoms with Gasteiger partial charge in [-0.3, -0.25) is 0 Å². The quantitative estimate of drug-likeness (QED) is 0.0505. The highest BCUT2D eigenvalue weighted by molar-refractivity contribution is 6.55. The van der Waals surface area contributed by atoms with Gasteiger partial charge in [0.25, 0.3) is 0 Å². The zero-order valence-electron chi connectivity index (χ0n) is 40.9. The number of rotatable bonds is 44. The fourth-order valence-electron chi connectivity index (χ4n) is 8.11. The van der Waals surface area contributed by atoms with Gasteiger partial charge in [-0.1, -0.05) is 290 Å². The molecule has 59 heavy (non-hydrogen) atoms. The third kappa shape index (κ3) is 53.2. The third-order valence-corrected chi connectivity index (χ3v) is 12.3. The van der Waals surface area contributed by atoms with E-state index in [-0.39, 0.29) is 0 Å². The first-order chi connectivity index (χ1) is 29.1. The predicted molar refractivity (Wildman–Crippen MR) is 262 cm³/mol. The Balaban J connectivity index is 0. The molecule has 0 bridgehead atoms. The summed E-state index contributed by atoms with van der Waals surface area (Å²) in [6.07, 6.45) is 60.9. The lowest BCUT2D eigenvalue weighted by Crippen LogP contribution is -2.55. The molecule has 0 unspecified atom stereocenters. The summed E-state index contributed by atoms with van der Waals surface area (Å²) in [4.78, 5) is 0. The van der Waals surface area contributed by atoms with Gasteiger partial charge >= 0.3 is 0 Å². The zero-order valence-corrected chi connectivity index (χ0v) is 40.9. The van der Waals surface area contributed by atoms with Crippen LogP contribution in [0.1, 0.15) is 296 Å². The van der Waals surface area contributed by atoms with E-state index in [1.54, 1.807) is 12.1 Å². The van der Waals surface area contributed by atoms with Crippen molar-refractivity contribution in [3.63, 3.8) is 0 Å². The van der Waals surface area contributed by atoms with Crippen LogP contribution in [0.25, 0.3) is 0 Å². The van der Waals surface area contributed by atoms with Crippen LogP contribution in [0.15, 0.2) is 24.3 Å². The fraction of sp³-hybridized carbons (Fsp3) is 0.889. The molecule has 0 aliphatic carbocycles. The average molecular weight is 829 g/mol. The summed E-state index contributed by atoms with van der Waals surface area (Å²) in [5.41, 5.74) is 9.36. The molecule has 0 amide bonds. The highest BCUT2D eigenvalue weighted by Gasteiger charge is 1.98. The molecule has 1 aromatic carbocycles. The first kappa shape index (κ1) is 60.2.